The van der Waals surface area contributed by atoms with E-state index in [0.717, 1.165) is 16.8 Å². The summed E-state index contributed by atoms with van der Waals surface area (Å²) in [5, 5.41) is 0. The molecule has 0 unspecified atom stereocenters. The summed E-state index contributed by atoms with van der Waals surface area (Å²) in [7, 11) is 1.54. The highest BCUT2D eigenvalue weighted by atomic mass is 16.5. The molecular formula is C21H24N2O3. The van der Waals surface area contributed by atoms with E-state index in [2.05, 4.69) is 0 Å². The van der Waals surface area contributed by atoms with E-state index < -0.39 is 6.04 Å². The Hall–Kier alpha value is -2.82. The van der Waals surface area contributed by atoms with E-state index in [1.165, 1.54) is 0 Å². The van der Waals surface area contributed by atoms with Crippen molar-refractivity contribution >= 4 is 17.5 Å². The van der Waals surface area contributed by atoms with Gasteiger partial charge >= 0.3 is 0 Å². The third kappa shape index (κ3) is 3.05. The fourth-order valence-electron chi connectivity index (χ4n) is 3.39. The van der Waals surface area contributed by atoms with Crippen LogP contribution in [0.1, 0.15) is 28.4 Å². The molecule has 2 amide bonds. The Morgan fingerprint density at radius 3 is 2.54 bits per heavy atom. The summed E-state index contributed by atoms with van der Waals surface area (Å²) in [4.78, 5) is 29.4. The Balaban J connectivity index is 1.86. The number of piperazine rings is 1. The van der Waals surface area contributed by atoms with Crippen molar-refractivity contribution in [3.05, 3.63) is 59.2 Å². The number of hydrogen-bond donors (Lipinski definition) is 0. The predicted octanol–water partition coefficient (Wildman–Crippen LogP) is 3.19. The van der Waals surface area contributed by atoms with Crippen LogP contribution in [0.5, 0.6) is 5.75 Å². The topological polar surface area (TPSA) is 49.9 Å². The van der Waals surface area contributed by atoms with E-state index in [4.69, 9.17) is 4.74 Å². The molecule has 1 saturated heterocycles. The molecular weight excluding hydrogens is 328 g/mol. The molecule has 0 aromatic heterocycles. The smallest absolute Gasteiger partial charge is 0.258 e. The van der Waals surface area contributed by atoms with E-state index in [0.29, 0.717) is 24.4 Å². The second-order valence-electron chi connectivity index (χ2n) is 6.58. The molecule has 3 rings (SSSR count). The number of ether oxygens (including phenoxy) is 1. The summed E-state index contributed by atoms with van der Waals surface area (Å²) in [6, 6.07) is 12.5. The van der Waals surface area contributed by atoms with Gasteiger partial charge in [0.25, 0.3) is 5.91 Å². The van der Waals surface area contributed by atoms with Gasteiger partial charge in [0.1, 0.15) is 11.8 Å². The van der Waals surface area contributed by atoms with Gasteiger partial charge in [0.05, 0.1) is 12.7 Å². The van der Waals surface area contributed by atoms with E-state index in [1.54, 1.807) is 42.0 Å². The van der Waals surface area contributed by atoms with Crippen LogP contribution in [0.15, 0.2) is 42.5 Å². The highest BCUT2D eigenvalue weighted by Crippen LogP contribution is 2.28. The first kappa shape index (κ1) is 18.0. The zero-order chi connectivity index (χ0) is 18.8. The van der Waals surface area contributed by atoms with Crippen LogP contribution in [-0.2, 0) is 4.79 Å². The van der Waals surface area contributed by atoms with Gasteiger partial charge in [-0.25, -0.2) is 0 Å². The molecule has 0 N–H and O–H groups in total. The number of nitrogens with zero attached hydrogens (tertiary/aromatic N) is 2. The highest BCUT2D eigenvalue weighted by molar-refractivity contribution is 6.04. The first-order valence-corrected chi connectivity index (χ1v) is 8.77. The SMILES string of the molecule is COc1ccccc1C(=O)N1CCN(c2cccc(C)c2C)C(=O)[C@@H]1C. The summed E-state index contributed by atoms with van der Waals surface area (Å²) >= 11 is 0. The summed E-state index contributed by atoms with van der Waals surface area (Å²) in [5.41, 5.74) is 3.65. The lowest BCUT2D eigenvalue weighted by molar-refractivity contribution is -0.124. The van der Waals surface area contributed by atoms with Crippen molar-refractivity contribution in [1.82, 2.24) is 4.90 Å². The molecule has 1 aliphatic heterocycles. The molecule has 0 aliphatic carbocycles. The third-order valence-corrected chi connectivity index (χ3v) is 5.12. The summed E-state index contributed by atoms with van der Waals surface area (Å²) in [6.45, 7) is 6.81. The number of hydrogen-bond acceptors (Lipinski definition) is 3. The molecule has 0 saturated carbocycles. The molecule has 1 atom stereocenters. The van der Waals surface area contributed by atoms with E-state index >= 15 is 0 Å². The number of rotatable bonds is 3. The lowest BCUT2D eigenvalue weighted by atomic mass is 10.0. The largest absolute Gasteiger partial charge is 0.496 e. The van der Waals surface area contributed by atoms with Gasteiger partial charge in [-0.15, -0.1) is 0 Å². The lowest BCUT2D eigenvalue weighted by Gasteiger charge is -2.40. The fourth-order valence-corrected chi connectivity index (χ4v) is 3.39. The van der Waals surface area contributed by atoms with Crippen LogP contribution in [0.4, 0.5) is 5.69 Å². The van der Waals surface area contributed by atoms with Crippen LogP contribution in [0.3, 0.4) is 0 Å². The van der Waals surface area contributed by atoms with Gasteiger partial charge in [-0.3, -0.25) is 9.59 Å². The minimum absolute atomic E-state index is 0.0619. The van der Waals surface area contributed by atoms with Crippen LogP contribution in [-0.4, -0.2) is 43.0 Å². The number of anilines is 1. The van der Waals surface area contributed by atoms with Gasteiger partial charge in [0, 0.05) is 18.8 Å². The van der Waals surface area contributed by atoms with Gasteiger partial charge in [0.15, 0.2) is 0 Å². The summed E-state index contributed by atoms with van der Waals surface area (Å²) in [6.07, 6.45) is 0. The lowest BCUT2D eigenvalue weighted by Crippen LogP contribution is -2.58. The average Bonchev–Trinajstić information content (AvgIpc) is 2.66. The van der Waals surface area contributed by atoms with Crippen molar-refractivity contribution in [3.8, 4) is 5.75 Å². The minimum Gasteiger partial charge on any atom is -0.496 e. The first-order valence-electron chi connectivity index (χ1n) is 8.77. The molecule has 0 bridgehead atoms. The average molecular weight is 352 g/mol. The monoisotopic (exact) mass is 352 g/mol. The quantitative estimate of drug-likeness (QED) is 0.852. The molecule has 0 radical (unpaired) electrons. The zero-order valence-corrected chi connectivity index (χ0v) is 15.7. The molecule has 1 heterocycles. The predicted molar refractivity (Wildman–Crippen MR) is 102 cm³/mol. The third-order valence-electron chi connectivity index (χ3n) is 5.12. The van der Waals surface area contributed by atoms with Crippen LogP contribution in [0, 0.1) is 13.8 Å². The van der Waals surface area contributed by atoms with Crippen molar-refractivity contribution in [1.29, 1.82) is 0 Å². The van der Waals surface area contributed by atoms with E-state index in [-0.39, 0.29) is 11.8 Å². The van der Waals surface area contributed by atoms with Crippen LogP contribution in [0.25, 0.3) is 0 Å². The van der Waals surface area contributed by atoms with Crippen molar-refractivity contribution in [2.75, 3.05) is 25.1 Å². The van der Waals surface area contributed by atoms with Gasteiger partial charge in [-0.1, -0.05) is 24.3 Å². The number of para-hydroxylation sites is 1. The molecule has 2 aromatic rings. The van der Waals surface area contributed by atoms with Crippen LogP contribution in [0.2, 0.25) is 0 Å². The van der Waals surface area contributed by atoms with Crippen LogP contribution < -0.4 is 9.64 Å². The first-order chi connectivity index (χ1) is 12.5. The number of benzene rings is 2. The Morgan fingerprint density at radius 2 is 1.81 bits per heavy atom. The fraction of sp³-hybridized carbons (Fsp3) is 0.333. The molecule has 136 valence electrons. The molecule has 26 heavy (non-hydrogen) atoms. The molecule has 1 aliphatic rings. The van der Waals surface area contributed by atoms with E-state index in [1.807, 2.05) is 38.1 Å². The number of carbonyl (C=O) groups excluding carboxylic acids is 2. The maximum atomic E-state index is 13.0. The molecule has 5 nitrogen and oxygen atoms in total. The second-order valence-corrected chi connectivity index (χ2v) is 6.58. The van der Waals surface area contributed by atoms with Gasteiger partial charge in [0.2, 0.25) is 5.91 Å². The maximum absolute atomic E-state index is 13.0. The number of methoxy groups -OCH3 is 1. The van der Waals surface area contributed by atoms with Gasteiger partial charge in [-0.2, -0.15) is 0 Å². The normalized spacial score (nSPS) is 17.4. The van der Waals surface area contributed by atoms with Crippen molar-refractivity contribution in [3.63, 3.8) is 0 Å². The number of aryl methyl sites for hydroxylation is 1. The Labute approximate surface area is 154 Å². The van der Waals surface area contributed by atoms with Crippen molar-refractivity contribution < 1.29 is 14.3 Å². The standard InChI is InChI=1S/C21H24N2O3/c1-14-8-7-10-18(15(14)2)23-13-12-22(16(3)20(23)24)21(25)17-9-5-6-11-19(17)26-4/h5-11,16H,12-13H2,1-4H3/t16-/m0/s1. The molecule has 0 spiro atoms. The van der Waals surface area contributed by atoms with Crippen molar-refractivity contribution in [2.45, 2.75) is 26.8 Å². The molecule has 1 fully saturated rings. The summed E-state index contributed by atoms with van der Waals surface area (Å²) in [5.74, 6) is 0.284. The number of carbonyl (C=O) groups is 2. The highest BCUT2D eigenvalue weighted by Gasteiger charge is 2.36. The Kier molecular flexibility index (Phi) is 4.98. The Bertz CT molecular complexity index is 847. The van der Waals surface area contributed by atoms with Crippen LogP contribution >= 0.6 is 0 Å². The minimum atomic E-state index is -0.527. The Morgan fingerprint density at radius 1 is 1.08 bits per heavy atom. The van der Waals surface area contributed by atoms with E-state index in [9.17, 15) is 9.59 Å². The van der Waals surface area contributed by atoms with Gasteiger partial charge in [-0.05, 0) is 50.1 Å². The van der Waals surface area contributed by atoms with Crippen molar-refractivity contribution in [2.24, 2.45) is 0 Å². The molecule has 2 aromatic carbocycles. The summed E-state index contributed by atoms with van der Waals surface area (Å²) < 4.78 is 5.30. The number of amides is 2. The second kappa shape index (κ2) is 7.20. The van der Waals surface area contributed by atoms with Gasteiger partial charge < -0.3 is 14.5 Å². The molecule has 5 heteroatoms. The maximum Gasteiger partial charge on any atom is 0.258 e. The zero-order valence-electron chi connectivity index (χ0n) is 15.7.